The van der Waals surface area contributed by atoms with Gasteiger partial charge in [-0.2, -0.15) is 11.8 Å². The van der Waals surface area contributed by atoms with Gasteiger partial charge in [-0.1, -0.05) is 24.3 Å². The number of aryl methyl sites for hydroxylation is 1. The molecule has 4 rings (SSSR count). The van der Waals surface area contributed by atoms with Gasteiger partial charge in [-0.05, 0) is 30.7 Å². The van der Waals surface area contributed by atoms with Crippen molar-refractivity contribution in [1.29, 1.82) is 0 Å². The van der Waals surface area contributed by atoms with Gasteiger partial charge in [0.05, 0.1) is 22.5 Å². The third-order valence-corrected chi connectivity index (χ3v) is 5.28. The summed E-state index contributed by atoms with van der Waals surface area (Å²) in [5.74, 6) is 0.925. The number of nitrogens with zero attached hydrogens (tertiary/aromatic N) is 1. The zero-order chi connectivity index (χ0) is 16.7. The molecule has 0 saturated carbocycles. The summed E-state index contributed by atoms with van der Waals surface area (Å²) in [6.45, 7) is 1.98. The number of fused-ring (bicyclic) bond motifs is 2. The van der Waals surface area contributed by atoms with Crippen molar-refractivity contribution in [2.45, 2.75) is 18.4 Å². The van der Waals surface area contributed by atoms with Crippen LogP contribution in [0.4, 0.5) is 11.4 Å². The lowest BCUT2D eigenvalue weighted by atomic mass is 10.1. The van der Waals surface area contributed by atoms with Crippen LogP contribution in [0, 0.1) is 6.92 Å². The number of anilines is 2. The number of benzene rings is 2. The van der Waals surface area contributed by atoms with Crippen LogP contribution in [0.5, 0.6) is 0 Å². The molecule has 0 atom stereocenters. The van der Waals surface area contributed by atoms with Gasteiger partial charge in [0.2, 0.25) is 0 Å². The van der Waals surface area contributed by atoms with Gasteiger partial charge in [0, 0.05) is 28.1 Å². The zero-order valence-corrected chi connectivity index (χ0v) is 14.0. The van der Waals surface area contributed by atoms with Crippen molar-refractivity contribution in [3.8, 4) is 0 Å². The Kier molecular flexibility index (Phi) is 3.65. The van der Waals surface area contributed by atoms with Crippen molar-refractivity contribution in [2.75, 3.05) is 5.32 Å². The molecule has 0 aliphatic carbocycles. The molecule has 24 heavy (non-hydrogen) atoms. The molecule has 3 aromatic rings. The van der Waals surface area contributed by atoms with Crippen LogP contribution >= 0.6 is 11.8 Å². The molecule has 2 heterocycles. The molecule has 0 radical (unpaired) electrons. The van der Waals surface area contributed by atoms with Gasteiger partial charge in [-0.3, -0.25) is 4.98 Å². The Morgan fingerprint density at radius 3 is 2.88 bits per heavy atom. The Morgan fingerprint density at radius 1 is 1.21 bits per heavy atom. The summed E-state index contributed by atoms with van der Waals surface area (Å²) in [7, 11) is 0. The molecule has 0 bridgehead atoms. The maximum Gasteiger partial charge on any atom is 0.335 e. The van der Waals surface area contributed by atoms with E-state index in [9.17, 15) is 9.90 Å². The third-order valence-electron chi connectivity index (χ3n) is 4.31. The summed E-state index contributed by atoms with van der Waals surface area (Å²) >= 11 is 1.85. The van der Waals surface area contributed by atoms with Crippen molar-refractivity contribution < 1.29 is 9.90 Å². The molecule has 1 aromatic heterocycles. The second-order valence-electron chi connectivity index (χ2n) is 5.88. The van der Waals surface area contributed by atoms with Gasteiger partial charge in [0.25, 0.3) is 0 Å². The van der Waals surface area contributed by atoms with E-state index in [0.717, 1.165) is 45.0 Å². The van der Waals surface area contributed by atoms with E-state index in [1.54, 1.807) is 12.1 Å². The van der Waals surface area contributed by atoms with E-state index in [0.29, 0.717) is 0 Å². The first-order valence-corrected chi connectivity index (χ1v) is 8.88. The van der Waals surface area contributed by atoms with Crippen molar-refractivity contribution >= 4 is 40.0 Å². The number of pyridine rings is 1. The second kappa shape index (κ2) is 5.83. The summed E-state index contributed by atoms with van der Waals surface area (Å²) in [5, 5.41) is 13.8. The minimum absolute atomic E-state index is 0.285. The fourth-order valence-corrected chi connectivity index (χ4v) is 4.04. The number of hydrogen-bond acceptors (Lipinski definition) is 4. The lowest BCUT2D eigenvalue weighted by Gasteiger charge is -2.16. The van der Waals surface area contributed by atoms with Crippen LogP contribution in [0.3, 0.4) is 0 Å². The molecule has 5 heteroatoms. The SMILES string of the molecule is Cc1ccc(C(=O)O)cc1Nc1c2c(nc3ccccc13)CSC2. The highest BCUT2D eigenvalue weighted by atomic mass is 32.2. The molecule has 1 aliphatic rings. The highest BCUT2D eigenvalue weighted by Crippen LogP contribution is 2.39. The summed E-state index contributed by atoms with van der Waals surface area (Å²) in [5.41, 5.74) is 6.48. The van der Waals surface area contributed by atoms with Crippen LogP contribution in [-0.4, -0.2) is 16.1 Å². The van der Waals surface area contributed by atoms with E-state index in [1.807, 2.05) is 43.0 Å². The lowest BCUT2D eigenvalue weighted by Crippen LogP contribution is -2.03. The molecule has 0 fully saturated rings. The van der Waals surface area contributed by atoms with Gasteiger partial charge >= 0.3 is 5.97 Å². The molecular formula is C19H16N2O2S. The predicted molar refractivity (Wildman–Crippen MR) is 98.2 cm³/mol. The van der Waals surface area contributed by atoms with E-state index < -0.39 is 5.97 Å². The van der Waals surface area contributed by atoms with Gasteiger partial charge in [0.15, 0.2) is 0 Å². The van der Waals surface area contributed by atoms with Gasteiger partial charge < -0.3 is 10.4 Å². The minimum atomic E-state index is -0.918. The highest BCUT2D eigenvalue weighted by Gasteiger charge is 2.20. The molecule has 0 saturated heterocycles. The smallest absolute Gasteiger partial charge is 0.335 e. The molecule has 0 unspecified atom stereocenters. The normalized spacial score (nSPS) is 13.0. The van der Waals surface area contributed by atoms with E-state index >= 15 is 0 Å². The predicted octanol–water partition coefficient (Wildman–Crippen LogP) is 4.73. The quantitative estimate of drug-likeness (QED) is 0.724. The molecule has 2 N–H and O–H groups in total. The fraction of sp³-hybridized carbons (Fsp3) is 0.158. The third kappa shape index (κ3) is 2.51. The minimum Gasteiger partial charge on any atom is -0.478 e. The first-order chi connectivity index (χ1) is 11.6. The van der Waals surface area contributed by atoms with Gasteiger partial charge in [0.1, 0.15) is 0 Å². The average molecular weight is 336 g/mol. The van der Waals surface area contributed by atoms with Gasteiger partial charge in [-0.15, -0.1) is 0 Å². The first kappa shape index (κ1) is 15.0. The first-order valence-electron chi connectivity index (χ1n) is 7.72. The topological polar surface area (TPSA) is 62.2 Å². The van der Waals surface area contributed by atoms with Crippen LogP contribution in [-0.2, 0) is 11.5 Å². The lowest BCUT2D eigenvalue weighted by molar-refractivity contribution is 0.0697. The van der Waals surface area contributed by atoms with E-state index in [2.05, 4.69) is 11.4 Å². The standard InChI is InChI=1S/C19H16N2O2S/c1-11-6-7-12(19(22)23)8-16(11)21-18-13-4-2-3-5-15(13)20-17-10-24-9-14(17)18/h2-8H,9-10H2,1H3,(H,20,21)(H,22,23). The van der Waals surface area contributed by atoms with E-state index in [1.165, 1.54) is 5.56 Å². The van der Waals surface area contributed by atoms with Crippen molar-refractivity contribution in [2.24, 2.45) is 0 Å². The summed E-state index contributed by atoms with van der Waals surface area (Å²) in [6, 6.07) is 13.2. The molecular weight excluding hydrogens is 320 g/mol. The Labute approximate surface area is 143 Å². The summed E-state index contributed by atoms with van der Waals surface area (Å²) < 4.78 is 0. The molecule has 120 valence electrons. The van der Waals surface area contributed by atoms with Crippen molar-refractivity contribution in [3.63, 3.8) is 0 Å². The number of nitrogens with one attached hydrogen (secondary N) is 1. The number of carbonyl (C=O) groups is 1. The number of aromatic carboxylic acids is 1. The maximum atomic E-state index is 11.3. The highest BCUT2D eigenvalue weighted by molar-refractivity contribution is 7.98. The second-order valence-corrected chi connectivity index (χ2v) is 6.87. The van der Waals surface area contributed by atoms with Crippen LogP contribution in [0.1, 0.15) is 27.2 Å². The number of carboxylic acid groups (broad SMARTS) is 1. The molecule has 1 aliphatic heterocycles. The average Bonchev–Trinajstić information content (AvgIpc) is 3.04. The Hall–Kier alpha value is -2.53. The Balaban J connectivity index is 1.89. The van der Waals surface area contributed by atoms with Gasteiger partial charge in [-0.25, -0.2) is 4.79 Å². The molecule has 2 aromatic carbocycles. The number of thioether (sulfide) groups is 1. The van der Waals surface area contributed by atoms with E-state index in [-0.39, 0.29) is 5.56 Å². The number of aromatic nitrogens is 1. The molecule has 0 amide bonds. The van der Waals surface area contributed by atoms with E-state index in [4.69, 9.17) is 4.98 Å². The monoisotopic (exact) mass is 336 g/mol. The van der Waals surface area contributed by atoms with Crippen molar-refractivity contribution in [1.82, 2.24) is 4.98 Å². The number of rotatable bonds is 3. The fourth-order valence-electron chi connectivity index (χ4n) is 2.99. The zero-order valence-electron chi connectivity index (χ0n) is 13.2. The number of hydrogen-bond donors (Lipinski definition) is 2. The maximum absolute atomic E-state index is 11.3. The Bertz CT molecular complexity index is 969. The number of carboxylic acids is 1. The largest absolute Gasteiger partial charge is 0.478 e. The molecule has 0 spiro atoms. The summed E-state index contributed by atoms with van der Waals surface area (Å²) in [6.07, 6.45) is 0. The van der Waals surface area contributed by atoms with Crippen LogP contribution in [0.2, 0.25) is 0 Å². The molecule has 4 nitrogen and oxygen atoms in total. The number of para-hydroxylation sites is 1. The summed E-state index contributed by atoms with van der Waals surface area (Å²) in [4.78, 5) is 16.0. The van der Waals surface area contributed by atoms with Crippen molar-refractivity contribution in [3.05, 3.63) is 64.8 Å². The van der Waals surface area contributed by atoms with Crippen LogP contribution in [0.25, 0.3) is 10.9 Å². The van der Waals surface area contributed by atoms with Crippen LogP contribution in [0.15, 0.2) is 42.5 Å². The Morgan fingerprint density at radius 2 is 2.04 bits per heavy atom. The van der Waals surface area contributed by atoms with Crippen LogP contribution < -0.4 is 5.32 Å².